The number of hydrogen-bond acceptors (Lipinski definition) is 2. The molecule has 1 aliphatic heterocycles. The van der Waals surface area contributed by atoms with Gasteiger partial charge in [-0.25, -0.2) is 0 Å². The Balaban J connectivity index is 1.84. The summed E-state index contributed by atoms with van der Waals surface area (Å²) in [5, 5.41) is 3.61. The molecule has 0 amide bonds. The molecule has 17 heavy (non-hydrogen) atoms. The molecule has 1 unspecified atom stereocenters. The van der Waals surface area contributed by atoms with Crippen LogP contribution >= 0.6 is 0 Å². The first-order valence-electron chi connectivity index (χ1n) is 6.60. The Morgan fingerprint density at radius 2 is 2.12 bits per heavy atom. The van der Waals surface area contributed by atoms with E-state index < -0.39 is 0 Å². The van der Waals surface area contributed by atoms with Gasteiger partial charge in [-0.3, -0.25) is 0 Å². The van der Waals surface area contributed by atoms with E-state index in [2.05, 4.69) is 44.3 Å². The summed E-state index contributed by atoms with van der Waals surface area (Å²) in [6.45, 7) is 7.68. The van der Waals surface area contributed by atoms with Crippen LogP contribution < -0.4 is 10.1 Å². The Labute approximate surface area is 104 Å². The highest BCUT2D eigenvalue weighted by molar-refractivity contribution is 5.37. The van der Waals surface area contributed by atoms with E-state index in [1.165, 1.54) is 18.4 Å². The number of para-hydroxylation sites is 1. The average Bonchev–Trinajstić information content (AvgIpc) is 2.69. The lowest BCUT2D eigenvalue weighted by atomic mass is 9.98. The van der Waals surface area contributed by atoms with E-state index in [4.69, 9.17) is 4.74 Å². The lowest BCUT2D eigenvalue weighted by Gasteiger charge is -2.27. The van der Waals surface area contributed by atoms with Gasteiger partial charge in [-0.1, -0.05) is 31.5 Å². The Kier molecular flexibility index (Phi) is 3.72. The molecule has 1 aliphatic rings. The maximum atomic E-state index is 5.92. The molecule has 0 saturated carbocycles. The van der Waals surface area contributed by atoms with Gasteiger partial charge in [-0.15, -0.1) is 0 Å². The van der Waals surface area contributed by atoms with Gasteiger partial charge in [0.25, 0.3) is 0 Å². The summed E-state index contributed by atoms with van der Waals surface area (Å²) in [6.07, 6.45) is 3.74. The first-order valence-corrected chi connectivity index (χ1v) is 6.60. The van der Waals surface area contributed by atoms with Crippen molar-refractivity contribution in [1.82, 2.24) is 5.32 Å². The molecular weight excluding hydrogens is 210 g/mol. The molecule has 0 radical (unpaired) electrons. The van der Waals surface area contributed by atoms with Crippen LogP contribution in [0.4, 0.5) is 0 Å². The zero-order valence-electron chi connectivity index (χ0n) is 11.1. The van der Waals surface area contributed by atoms with E-state index in [0.717, 1.165) is 18.7 Å². The van der Waals surface area contributed by atoms with Crippen LogP contribution in [0.3, 0.4) is 0 Å². The zero-order valence-corrected chi connectivity index (χ0v) is 11.1. The van der Waals surface area contributed by atoms with E-state index in [0.29, 0.717) is 6.10 Å². The van der Waals surface area contributed by atoms with Crippen molar-refractivity contribution < 1.29 is 4.74 Å². The van der Waals surface area contributed by atoms with Gasteiger partial charge < -0.3 is 10.1 Å². The molecule has 2 heteroatoms. The van der Waals surface area contributed by atoms with E-state index in [9.17, 15) is 0 Å². The van der Waals surface area contributed by atoms with Crippen molar-refractivity contribution in [2.45, 2.75) is 51.7 Å². The third-order valence-corrected chi connectivity index (χ3v) is 3.40. The van der Waals surface area contributed by atoms with Gasteiger partial charge in [0.2, 0.25) is 0 Å². The topological polar surface area (TPSA) is 21.3 Å². The molecular formula is C15H23NO. The van der Waals surface area contributed by atoms with E-state index in [-0.39, 0.29) is 5.54 Å². The molecule has 1 heterocycles. The first-order chi connectivity index (χ1) is 8.11. The fraction of sp³-hybridized carbons (Fsp3) is 0.600. The Morgan fingerprint density at radius 3 is 2.82 bits per heavy atom. The van der Waals surface area contributed by atoms with Crippen LogP contribution in [0.25, 0.3) is 0 Å². The van der Waals surface area contributed by atoms with Crippen molar-refractivity contribution >= 4 is 0 Å². The highest BCUT2D eigenvalue weighted by Crippen LogP contribution is 2.28. The summed E-state index contributed by atoms with van der Waals surface area (Å²) in [6, 6.07) is 8.34. The van der Waals surface area contributed by atoms with Crippen LogP contribution in [0.1, 0.15) is 39.2 Å². The molecule has 0 aliphatic carbocycles. The smallest absolute Gasteiger partial charge is 0.123 e. The van der Waals surface area contributed by atoms with Gasteiger partial charge >= 0.3 is 0 Å². The first kappa shape index (κ1) is 12.4. The lowest BCUT2D eigenvalue weighted by Crippen LogP contribution is -2.44. The molecule has 2 nitrogen and oxygen atoms in total. The zero-order chi connectivity index (χ0) is 12.3. The van der Waals surface area contributed by atoms with Gasteiger partial charge in [0.05, 0.1) is 0 Å². The lowest BCUT2D eigenvalue weighted by molar-refractivity contribution is 0.205. The summed E-state index contributed by atoms with van der Waals surface area (Å²) >= 11 is 0. The van der Waals surface area contributed by atoms with Crippen molar-refractivity contribution in [3.8, 4) is 5.75 Å². The van der Waals surface area contributed by atoms with Gasteiger partial charge in [-0.05, 0) is 31.9 Å². The molecule has 1 aromatic carbocycles. The minimum Gasteiger partial charge on any atom is -0.488 e. The number of nitrogens with one attached hydrogen (secondary N) is 1. The highest BCUT2D eigenvalue weighted by atomic mass is 16.5. The standard InChI is InChI=1S/C15H23NO/c1-4-9-15(2,3)16-11-13-10-12-7-5-6-8-14(12)17-13/h5-8,13,16H,4,9-11H2,1-3H3. The van der Waals surface area contributed by atoms with Crippen molar-refractivity contribution in [3.63, 3.8) is 0 Å². The summed E-state index contributed by atoms with van der Waals surface area (Å²) < 4.78 is 5.92. The molecule has 94 valence electrons. The van der Waals surface area contributed by atoms with Gasteiger partial charge in [0, 0.05) is 18.5 Å². The monoisotopic (exact) mass is 233 g/mol. The molecule has 0 saturated heterocycles. The molecule has 1 aromatic rings. The third kappa shape index (κ3) is 3.22. The third-order valence-electron chi connectivity index (χ3n) is 3.40. The molecule has 0 aromatic heterocycles. The number of ether oxygens (including phenoxy) is 1. The van der Waals surface area contributed by atoms with Crippen molar-refractivity contribution in [2.75, 3.05) is 6.54 Å². The van der Waals surface area contributed by atoms with Crippen LogP contribution in [-0.2, 0) is 6.42 Å². The molecule has 2 rings (SSSR count). The predicted octanol–water partition coefficient (Wildman–Crippen LogP) is 3.16. The Hall–Kier alpha value is -1.02. The minimum atomic E-state index is 0.215. The number of hydrogen-bond donors (Lipinski definition) is 1. The second kappa shape index (κ2) is 5.09. The summed E-state index contributed by atoms with van der Waals surface area (Å²) in [5.74, 6) is 1.06. The van der Waals surface area contributed by atoms with E-state index in [1.807, 2.05) is 6.07 Å². The molecule has 0 spiro atoms. The summed E-state index contributed by atoms with van der Waals surface area (Å²) in [4.78, 5) is 0. The maximum absolute atomic E-state index is 5.92. The van der Waals surface area contributed by atoms with Crippen LogP contribution in [0.2, 0.25) is 0 Å². The normalized spacial score (nSPS) is 18.9. The highest BCUT2D eigenvalue weighted by Gasteiger charge is 2.24. The average molecular weight is 233 g/mol. The fourth-order valence-electron chi connectivity index (χ4n) is 2.47. The number of fused-ring (bicyclic) bond motifs is 1. The molecule has 0 fully saturated rings. The van der Waals surface area contributed by atoms with E-state index >= 15 is 0 Å². The second-order valence-corrected chi connectivity index (χ2v) is 5.57. The SMILES string of the molecule is CCCC(C)(C)NCC1Cc2ccccc2O1. The quantitative estimate of drug-likeness (QED) is 0.843. The largest absolute Gasteiger partial charge is 0.488 e. The Morgan fingerprint density at radius 1 is 1.35 bits per heavy atom. The van der Waals surface area contributed by atoms with Gasteiger partial charge in [0.1, 0.15) is 11.9 Å². The number of benzene rings is 1. The van der Waals surface area contributed by atoms with Crippen molar-refractivity contribution in [3.05, 3.63) is 29.8 Å². The van der Waals surface area contributed by atoms with Crippen LogP contribution in [-0.4, -0.2) is 18.2 Å². The van der Waals surface area contributed by atoms with Crippen LogP contribution in [0.5, 0.6) is 5.75 Å². The minimum absolute atomic E-state index is 0.215. The second-order valence-electron chi connectivity index (χ2n) is 5.57. The summed E-state index contributed by atoms with van der Waals surface area (Å²) in [7, 11) is 0. The van der Waals surface area contributed by atoms with Gasteiger partial charge in [0.15, 0.2) is 0 Å². The van der Waals surface area contributed by atoms with Crippen LogP contribution in [0.15, 0.2) is 24.3 Å². The number of rotatable bonds is 5. The van der Waals surface area contributed by atoms with E-state index in [1.54, 1.807) is 0 Å². The fourth-order valence-corrected chi connectivity index (χ4v) is 2.47. The molecule has 1 atom stereocenters. The van der Waals surface area contributed by atoms with Crippen molar-refractivity contribution in [1.29, 1.82) is 0 Å². The predicted molar refractivity (Wildman–Crippen MR) is 71.6 cm³/mol. The molecule has 1 N–H and O–H groups in total. The summed E-state index contributed by atoms with van der Waals surface area (Å²) in [5.41, 5.74) is 1.56. The van der Waals surface area contributed by atoms with Crippen molar-refractivity contribution in [2.24, 2.45) is 0 Å². The van der Waals surface area contributed by atoms with Crippen LogP contribution in [0, 0.1) is 0 Å². The Bertz CT molecular complexity index is 348. The maximum Gasteiger partial charge on any atom is 0.123 e. The van der Waals surface area contributed by atoms with Gasteiger partial charge in [-0.2, -0.15) is 0 Å². The molecule has 0 bridgehead atoms.